The fourth-order valence-electron chi connectivity index (χ4n) is 5.89. The predicted molar refractivity (Wildman–Crippen MR) is 145 cm³/mol. The van der Waals surface area contributed by atoms with Gasteiger partial charge in [0.1, 0.15) is 17.5 Å². The first-order valence-electron chi connectivity index (χ1n) is 12.7. The number of anilines is 1. The van der Waals surface area contributed by atoms with Gasteiger partial charge in [-0.1, -0.05) is 72.2 Å². The lowest BCUT2D eigenvalue weighted by Crippen LogP contribution is -2.49. The molecule has 0 bridgehead atoms. The van der Waals surface area contributed by atoms with Crippen LogP contribution in [0.15, 0.2) is 35.1 Å². The largest absolute Gasteiger partial charge is 0.458 e. The number of hydrogen-bond donors (Lipinski definition) is 1. The van der Waals surface area contributed by atoms with E-state index in [0.29, 0.717) is 22.1 Å². The van der Waals surface area contributed by atoms with Crippen molar-refractivity contribution in [1.82, 2.24) is 9.55 Å². The molecule has 1 aliphatic carbocycles. The molecule has 2 N–H and O–H groups in total. The molecule has 1 saturated carbocycles. The fourth-order valence-corrected chi connectivity index (χ4v) is 6.02. The van der Waals surface area contributed by atoms with Crippen LogP contribution in [-0.4, -0.2) is 21.6 Å². The number of carbonyl (C=O) groups is 1. The smallest absolute Gasteiger partial charge is 0.342 e. The summed E-state index contributed by atoms with van der Waals surface area (Å²) in [5, 5.41) is 0.593. The van der Waals surface area contributed by atoms with Crippen LogP contribution in [-0.2, 0) is 16.1 Å². The molecule has 0 saturated heterocycles. The van der Waals surface area contributed by atoms with Crippen LogP contribution in [0.5, 0.6) is 0 Å². The summed E-state index contributed by atoms with van der Waals surface area (Å²) in [5.41, 5.74) is 7.36. The Balaban J connectivity index is 1.82. The summed E-state index contributed by atoms with van der Waals surface area (Å²) in [4.78, 5) is 31.2. The van der Waals surface area contributed by atoms with Crippen molar-refractivity contribution < 1.29 is 9.53 Å². The van der Waals surface area contributed by atoms with Gasteiger partial charge < -0.3 is 10.5 Å². The van der Waals surface area contributed by atoms with Crippen molar-refractivity contribution in [1.29, 1.82) is 0 Å². The quantitative estimate of drug-likeness (QED) is 0.505. The van der Waals surface area contributed by atoms with E-state index in [9.17, 15) is 9.59 Å². The number of halogens is 1. The van der Waals surface area contributed by atoms with E-state index in [4.69, 9.17) is 22.1 Å². The Morgan fingerprint density at radius 1 is 1.06 bits per heavy atom. The Labute approximate surface area is 218 Å². The molecule has 1 aromatic carbocycles. The van der Waals surface area contributed by atoms with Crippen molar-refractivity contribution in [3.63, 3.8) is 0 Å². The van der Waals surface area contributed by atoms with Crippen LogP contribution in [0.3, 0.4) is 0 Å². The molecule has 2 aliphatic rings. The standard InChI is InChI=1S/C29H38ClN3O3/c1-16-12-20(28(2,3)4)25(21(13-16)29(5,6)7)36-27(35)24-19(17-8-10-18(30)11-9-17)15-33-23(34)14-22(31)32-26(24)33/h8-11,14,16,20-21,25H,12-13,15,31H2,1-7H3. The first-order valence-corrected chi connectivity index (χ1v) is 13.1. The van der Waals surface area contributed by atoms with E-state index < -0.39 is 5.97 Å². The number of allylic oxidation sites excluding steroid dienone is 1. The van der Waals surface area contributed by atoms with Gasteiger partial charge in [-0.25, -0.2) is 9.78 Å². The van der Waals surface area contributed by atoms with Gasteiger partial charge in [-0.05, 0) is 52.9 Å². The first kappa shape index (κ1) is 26.5. The van der Waals surface area contributed by atoms with Crippen molar-refractivity contribution >= 4 is 34.5 Å². The summed E-state index contributed by atoms with van der Waals surface area (Å²) in [6.45, 7) is 15.9. The molecule has 1 fully saturated rings. The second kappa shape index (κ2) is 9.37. The van der Waals surface area contributed by atoms with E-state index in [1.807, 2.05) is 12.1 Å². The number of ether oxygens (including phenoxy) is 1. The minimum absolute atomic E-state index is 0.0380. The molecule has 2 heterocycles. The van der Waals surface area contributed by atoms with Crippen LogP contribution in [0.4, 0.5) is 5.82 Å². The zero-order valence-electron chi connectivity index (χ0n) is 22.4. The maximum Gasteiger partial charge on any atom is 0.342 e. The highest BCUT2D eigenvalue weighted by Crippen LogP contribution is 2.50. The van der Waals surface area contributed by atoms with E-state index in [2.05, 4.69) is 53.5 Å². The van der Waals surface area contributed by atoms with Crippen LogP contribution >= 0.6 is 11.6 Å². The Kier molecular flexibility index (Phi) is 6.89. The number of nitrogens with zero attached hydrogens (tertiary/aromatic N) is 2. The van der Waals surface area contributed by atoms with Gasteiger partial charge in [0.2, 0.25) is 0 Å². The second-order valence-corrected chi connectivity index (χ2v) is 13.1. The van der Waals surface area contributed by atoms with Crippen molar-refractivity contribution in [2.24, 2.45) is 28.6 Å². The average molecular weight is 512 g/mol. The summed E-state index contributed by atoms with van der Waals surface area (Å²) in [6.07, 6.45) is 1.74. The number of nitrogens with two attached hydrogens (primary N) is 1. The monoisotopic (exact) mass is 511 g/mol. The molecule has 7 heteroatoms. The van der Waals surface area contributed by atoms with Crippen molar-refractivity contribution in [3.05, 3.63) is 57.1 Å². The Hall–Kier alpha value is -2.60. The number of esters is 1. The van der Waals surface area contributed by atoms with Gasteiger partial charge in [0, 0.05) is 22.9 Å². The molecule has 0 radical (unpaired) electrons. The summed E-state index contributed by atoms with van der Waals surface area (Å²) in [6, 6.07) is 8.53. The number of fused-ring (bicyclic) bond motifs is 1. The number of benzene rings is 1. The van der Waals surface area contributed by atoms with Gasteiger partial charge in [0.25, 0.3) is 5.56 Å². The van der Waals surface area contributed by atoms with Gasteiger partial charge in [0.15, 0.2) is 5.82 Å². The third kappa shape index (κ3) is 5.10. The van der Waals surface area contributed by atoms with Gasteiger partial charge in [-0.3, -0.25) is 9.36 Å². The minimum atomic E-state index is -0.452. The van der Waals surface area contributed by atoms with Crippen molar-refractivity contribution in [3.8, 4) is 0 Å². The van der Waals surface area contributed by atoms with Gasteiger partial charge in [-0.2, -0.15) is 0 Å². The number of rotatable bonds is 3. The molecule has 36 heavy (non-hydrogen) atoms. The normalized spacial score (nSPS) is 24.6. The predicted octanol–water partition coefficient (Wildman–Crippen LogP) is 6.07. The van der Waals surface area contributed by atoms with Crippen LogP contribution in [0.1, 0.15) is 72.7 Å². The molecular weight excluding hydrogens is 474 g/mol. The molecule has 2 atom stereocenters. The first-order chi connectivity index (χ1) is 16.7. The topological polar surface area (TPSA) is 87.2 Å². The molecule has 1 aromatic heterocycles. The zero-order valence-corrected chi connectivity index (χ0v) is 23.1. The number of hydrogen-bond acceptors (Lipinski definition) is 5. The molecular formula is C29H38ClN3O3. The third-order valence-corrected chi connectivity index (χ3v) is 8.09. The molecule has 2 aromatic rings. The maximum absolute atomic E-state index is 14.1. The molecule has 0 amide bonds. The lowest BCUT2D eigenvalue weighted by Gasteiger charge is -2.50. The Bertz CT molecular complexity index is 1220. The fraction of sp³-hybridized carbons (Fsp3) is 0.552. The minimum Gasteiger partial charge on any atom is -0.458 e. The van der Waals surface area contributed by atoms with Gasteiger partial charge >= 0.3 is 5.97 Å². The van der Waals surface area contributed by atoms with Crippen LogP contribution in [0.25, 0.3) is 11.1 Å². The summed E-state index contributed by atoms with van der Waals surface area (Å²) < 4.78 is 7.98. The summed E-state index contributed by atoms with van der Waals surface area (Å²) in [7, 11) is 0. The van der Waals surface area contributed by atoms with Crippen LogP contribution < -0.4 is 11.3 Å². The lowest BCUT2D eigenvalue weighted by atomic mass is 9.59. The second-order valence-electron chi connectivity index (χ2n) is 12.7. The molecule has 0 spiro atoms. The average Bonchev–Trinajstić information content (AvgIpc) is 3.13. The van der Waals surface area contributed by atoms with Crippen molar-refractivity contribution in [2.45, 2.75) is 74.0 Å². The number of carbonyl (C=O) groups excluding carboxylic acids is 1. The molecule has 2 unspecified atom stereocenters. The van der Waals surface area contributed by atoms with Crippen LogP contribution in [0, 0.1) is 28.6 Å². The molecule has 1 aliphatic heterocycles. The highest BCUT2D eigenvalue weighted by molar-refractivity contribution is 6.30. The molecule has 4 rings (SSSR count). The third-order valence-electron chi connectivity index (χ3n) is 7.84. The molecule has 194 valence electrons. The Morgan fingerprint density at radius 2 is 1.61 bits per heavy atom. The maximum atomic E-state index is 14.1. The summed E-state index contributed by atoms with van der Waals surface area (Å²) >= 11 is 6.12. The lowest BCUT2D eigenvalue weighted by molar-refractivity contribution is -0.162. The van der Waals surface area contributed by atoms with Crippen LogP contribution in [0.2, 0.25) is 5.02 Å². The highest BCUT2D eigenvalue weighted by Gasteiger charge is 2.48. The highest BCUT2D eigenvalue weighted by atomic mass is 35.5. The summed E-state index contributed by atoms with van der Waals surface area (Å²) in [5.74, 6) is 0.841. The number of aromatic nitrogens is 2. The van der Waals surface area contributed by atoms with E-state index in [1.165, 1.54) is 10.6 Å². The van der Waals surface area contributed by atoms with E-state index in [1.54, 1.807) is 12.1 Å². The zero-order chi connectivity index (χ0) is 26.6. The van der Waals surface area contributed by atoms with E-state index >= 15 is 0 Å². The van der Waals surface area contributed by atoms with E-state index in [0.717, 1.165) is 18.4 Å². The number of nitrogen functional groups attached to an aromatic ring is 1. The molecule has 6 nitrogen and oxygen atoms in total. The van der Waals surface area contributed by atoms with Crippen molar-refractivity contribution in [2.75, 3.05) is 5.73 Å². The van der Waals surface area contributed by atoms with E-state index in [-0.39, 0.29) is 52.5 Å². The SMILES string of the molecule is CC1CC(C(C)(C)C)C(OC(=O)C2=C(c3ccc(Cl)cc3)Cn3c2nc(N)cc3=O)C(C(C)(C)C)C1. The van der Waals surface area contributed by atoms with Gasteiger partial charge in [-0.15, -0.1) is 0 Å². The Morgan fingerprint density at radius 3 is 2.14 bits per heavy atom. The van der Waals surface area contributed by atoms with Gasteiger partial charge in [0.05, 0.1) is 6.54 Å².